The molecule has 4 unspecified atom stereocenters. The molecule has 3 heteroatoms. The summed E-state index contributed by atoms with van der Waals surface area (Å²) >= 11 is 0. The fraction of sp³-hybridized carbons (Fsp3) is 0.933. The number of piperidine rings is 1. The summed E-state index contributed by atoms with van der Waals surface area (Å²) in [6, 6.07) is 1.10. The van der Waals surface area contributed by atoms with Crippen LogP contribution in [0.3, 0.4) is 0 Å². The second-order valence-corrected chi connectivity index (χ2v) is 6.53. The van der Waals surface area contributed by atoms with Crippen molar-refractivity contribution in [1.29, 1.82) is 0 Å². The van der Waals surface area contributed by atoms with Gasteiger partial charge in [-0.25, -0.2) is 0 Å². The quantitative estimate of drug-likeness (QED) is 0.803. The van der Waals surface area contributed by atoms with Crippen LogP contribution in [-0.4, -0.2) is 24.5 Å². The number of carbonyl (C=O) groups is 1. The summed E-state index contributed by atoms with van der Waals surface area (Å²) in [5, 5.41) is 6.80. The molecule has 18 heavy (non-hydrogen) atoms. The monoisotopic (exact) mass is 250 g/mol. The zero-order chi connectivity index (χ0) is 12.4. The van der Waals surface area contributed by atoms with Crippen LogP contribution in [0.25, 0.3) is 0 Å². The molecule has 2 saturated carbocycles. The Kier molecular flexibility index (Phi) is 3.88. The Morgan fingerprint density at radius 1 is 1.17 bits per heavy atom. The Morgan fingerprint density at radius 3 is 2.78 bits per heavy atom. The molecule has 3 rings (SSSR count). The minimum atomic E-state index is 0.292. The van der Waals surface area contributed by atoms with Gasteiger partial charge in [0.25, 0.3) is 0 Å². The molecule has 0 radical (unpaired) electrons. The molecule has 4 atom stereocenters. The van der Waals surface area contributed by atoms with Gasteiger partial charge in [-0.15, -0.1) is 0 Å². The van der Waals surface area contributed by atoms with Crippen LogP contribution in [0.1, 0.15) is 57.8 Å². The number of amides is 1. The number of hydrogen-bond donors (Lipinski definition) is 2. The molecule has 3 aliphatic rings. The van der Waals surface area contributed by atoms with Gasteiger partial charge in [0.15, 0.2) is 0 Å². The first-order valence-corrected chi connectivity index (χ1v) is 7.84. The lowest BCUT2D eigenvalue weighted by molar-refractivity contribution is -0.122. The van der Waals surface area contributed by atoms with E-state index >= 15 is 0 Å². The predicted octanol–water partition coefficient (Wildman–Crippen LogP) is 2.21. The average Bonchev–Trinajstić information content (AvgIpc) is 3.00. The lowest BCUT2D eigenvalue weighted by Gasteiger charge is -2.25. The Balaban J connectivity index is 1.36. The van der Waals surface area contributed by atoms with E-state index in [0.717, 1.165) is 24.8 Å². The van der Waals surface area contributed by atoms with E-state index < -0.39 is 0 Å². The lowest BCUT2D eigenvalue weighted by atomic mass is 9.95. The van der Waals surface area contributed by atoms with Crippen LogP contribution in [-0.2, 0) is 4.79 Å². The van der Waals surface area contributed by atoms with Crippen molar-refractivity contribution < 1.29 is 4.79 Å². The molecule has 1 saturated heterocycles. The van der Waals surface area contributed by atoms with Gasteiger partial charge in [-0.3, -0.25) is 4.79 Å². The van der Waals surface area contributed by atoms with Gasteiger partial charge in [-0.1, -0.05) is 12.8 Å². The van der Waals surface area contributed by atoms with Crippen molar-refractivity contribution >= 4 is 5.91 Å². The van der Waals surface area contributed by atoms with Crippen LogP contribution in [0.4, 0.5) is 0 Å². The maximum atomic E-state index is 12.0. The highest BCUT2D eigenvalue weighted by Crippen LogP contribution is 2.44. The summed E-state index contributed by atoms with van der Waals surface area (Å²) in [4.78, 5) is 12.0. The van der Waals surface area contributed by atoms with Crippen LogP contribution in [0.2, 0.25) is 0 Å². The first-order valence-electron chi connectivity index (χ1n) is 7.84. The van der Waals surface area contributed by atoms with Gasteiger partial charge < -0.3 is 10.6 Å². The highest BCUT2D eigenvalue weighted by atomic mass is 16.1. The second-order valence-electron chi connectivity index (χ2n) is 6.53. The molecular formula is C15H26N2O. The van der Waals surface area contributed by atoms with Gasteiger partial charge in [0.1, 0.15) is 0 Å². The average molecular weight is 250 g/mol. The molecule has 3 nitrogen and oxygen atoms in total. The molecule has 2 aliphatic carbocycles. The number of hydrogen-bond acceptors (Lipinski definition) is 2. The Hall–Kier alpha value is -0.570. The van der Waals surface area contributed by atoms with Gasteiger partial charge in [0, 0.05) is 18.5 Å². The summed E-state index contributed by atoms with van der Waals surface area (Å²) in [5.74, 6) is 2.01. The van der Waals surface area contributed by atoms with Crippen LogP contribution in [0, 0.1) is 11.8 Å². The van der Waals surface area contributed by atoms with E-state index in [1.807, 2.05) is 0 Å². The SMILES string of the molecule is O=C(CCC1CCCCN1)NC1CC2CCC1C2. The number of rotatable bonds is 4. The molecule has 1 aliphatic heterocycles. The van der Waals surface area contributed by atoms with Crippen LogP contribution >= 0.6 is 0 Å². The minimum absolute atomic E-state index is 0.292. The molecule has 2 N–H and O–H groups in total. The van der Waals surface area contributed by atoms with Crippen molar-refractivity contribution in [1.82, 2.24) is 10.6 Å². The van der Waals surface area contributed by atoms with Gasteiger partial charge in [-0.05, 0) is 56.9 Å². The summed E-state index contributed by atoms with van der Waals surface area (Å²) in [5.41, 5.74) is 0. The third-order valence-corrected chi connectivity index (χ3v) is 5.22. The molecule has 3 fully saturated rings. The molecule has 0 aromatic heterocycles. The van der Waals surface area contributed by atoms with Gasteiger partial charge in [0.2, 0.25) is 5.91 Å². The molecule has 0 aromatic carbocycles. The largest absolute Gasteiger partial charge is 0.353 e. The Morgan fingerprint density at radius 2 is 2.11 bits per heavy atom. The van der Waals surface area contributed by atoms with Crippen LogP contribution in [0.5, 0.6) is 0 Å². The van der Waals surface area contributed by atoms with Gasteiger partial charge >= 0.3 is 0 Å². The summed E-state index contributed by atoms with van der Waals surface area (Å²) in [6.45, 7) is 1.14. The fourth-order valence-corrected chi connectivity index (χ4v) is 4.18. The van der Waals surface area contributed by atoms with E-state index in [-0.39, 0.29) is 0 Å². The molecular weight excluding hydrogens is 224 g/mol. The normalized spacial score (nSPS) is 38.9. The standard InChI is InChI=1S/C15H26N2O/c18-15(7-6-13-3-1-2-8-16-13)17-14-10-11-4-5-12(14)9-11/h11-14,16H,1-10H2,(H,17,18). The molecule has 1 amide bonds. The molecule has 2 bridgehead atoms. The number of carbonyl (C=O) groups excluding carboxylic acids is 1. The Bertz CT molecular complexity index is 299. The summed E-state index contributed by atoms with van der Waals surface area (Å²) < 4.78 is 0. The number of fused-ring (bicyclic) bond motifs is 2. The molecule has 0 spiro atoms. The smallest absolute Gasteiger partial charge is 0.220 e. The topological polar surface area (TPSA) is 41.1 Å². The van der Waals surface area contributed by atoms with E-state index in [9.17, 15) is 4.79 Å². The van der Waals surface area contributed by atoms with Crippen molar-refractivity contribution in [2.75, 3.05) is 6.54 Å². The van der Waals surface area contributed by atoms with Crippen molar-refractivity contribution in [2.24, 2.45) is 11.8 Å². The van der Waals surface area contributed by atoms with Crippen molar-refractivity contribution in [3.8, 4) is 0 Å². The highest BCUT2D eigenvalue weighted by molar-refractivity contribution is 5.76. The lowest BCUT2D eigenvalue weighted by Crippen LogP contribution is -2.40. The van der Waals surface area contributed by atoms with E-state index in [4.69, 9.17) is 0 Å². The summed E-state index contributed by atoms with van der Waals surface area (Å²) in [6.07, 6.45) is 11.0. The van der Waals surface area contributed by atoms with Crippen LogP contribution in [0.15, 0.2) is 0 Å². The van der Waals surface area contributed by atoms with E-state index in [2.05, 4.69) is 10.6 Å². The van der Waals surface area contributed by atoms with Crippen LogP contribution < -0.4 is 10.6 Å². The maximum Gasteiger partial charge on any atom is 0.220 e. The van der Waals surface area contributed by atoms with Gasteiger partial charge in [-0.2, -0.15) is 0 Å². The molecule has 1 heterocycles. The highest BCUT2D eigenvalue weighted by Gasteiger charge is 2.39. The Labute approximate surface area is 110 Å². The predicted molar refractivity (Wildman–Crippen MR) is 72.3 cm³/mol. The third kappa shape index (κ3) is 2.87. The first kappa shape index (κ1) is 12.5. The minimum Gasteiger partial charge on any atom is -0.353 e. The first-order chi connectivity index (χ1) is 8.81. The van der Waals surface area contributed by atoms with Crippen molar-refractivity contribution in [2.45, 2.75) is 69.9 Å². The molecule has 102 valence electrons. The third-order valence-electron chi connectivity index (χ3n) is 5.22. The zero-order valence-corrected chi connectivity index (χ0v) is 11.3. The second kappa shape index (κ2) is 5.60. The fourth-order valence-electron chi connectivity index (χ4n) is 4.18. The van der Waals surface area contributed by atoms with Crippen molar-refractivity contribution in [3.05, 3.63) is 0 Å². The van der Waals surface area contributed by atoms with E-state index in [0.29, 0.717) is 24.4 Å². The maximum absolute atomic E-state index is 12.0. The summed E-state index contributed by atoms with van der Waals surface area (Å²) in [7, 11) is 0. The number of nitrogens with one attached hydrogen (secondary N) is 2. The van der Waals surface area contributed by atoms with Crippen molar-refractivity contribution in [3.63, 3.8) is 0 Å². The zero-order valence-electron chi connectivity index (χ0n) is 11.3. The van der Waals surface area contributed by atoms with Gasteiger partial charge in [0.05, 0.1) is 0 Å². The molecule has 0 aromatic rings. The van der Waals surface area contributed by atoms with E-state index in [1.165, 1.54) is 44.9 Å². The van der Waals surface area contributed by atoms with E-state index in [1.54, 1.807) is 0 Å².